The van der Waals surface area contributed by atoms with E-state index in [4.69, 9.17) is 21.5 Å². The third-order valence-corrected chi connectivity index (χ3v) is 2.04. The molecule has 0 saturated carbocycles. The zero-order chi connectivity index (χ0) is 12.3. The van der Waals surface area contributed by atoms with E-state index in [9.17, 15) is 9.18 Å². The molecule has 16 heavy (non-hydrogen) atoms. The Balaban J connectivity index is 3.06. The molecule has 0 fully saturated rings. The lowest BCUT2D eigenvalue weighted by Gasteiger charge is -2.11. The number of halogens is 2. The van der Waals surface area contributed by atoms with Crippen molar-refractivity contribution in [1.82, 2.24) is 10.6 Å². The zero-order valence-electron chi connectivity index (χ0n) is 8.62. The lowest BCUT2D eigenvalue weighted by atomic mass is 10.2. The summed E-state index contributed by atoms with van der Waals surface area (Å²) in [5.41, 5.74) is 1.69. The van der Waals surface area contributed by atoms with E-state index in [1.165, 1.54) is 14.2 Å². The maximum absolute atomic E-state index is 13.4. The highest BCUT2D eigenvalue weighted by Gasteiger charge is 2.16. The van der Waals surface area contributed by atoms with Gasteiger partial charge in [0.25, 0.3) is 5.91 Å². The maximum atomic E-state index is 13.4. The van der Waals surface area contributed by atoms with Crippen molar-refractivity contribution in [2.24, 2.45) is 0 Å². The summed E-state index contributed by atoms with van der Waals surface area (Å²) in [6.45, 7) is 0. The summed E-state index contributed by atoms with van der Waals surface area (Å²) in [7, 11) is 2.52. The van der Waals surface area contributed by atoms with Crippen LogP contribution in [0.15, 0.2) is 12.1 Å². The van der Waals surface area contributed by atoms with Crippen LogP contribution in [0.1, 0.15) is 10.4 Å². The molecule has 0 saturated heterocycles. The van der Waals surface area contributed by atoms with Gasteiger partial charge in [0.15, 0.2) is 0 Å². The third-order valence-electron chi connectivity index (χ3n) is 1.75. The molecule has 7 heteroatoms. The first-order chi connectivity index (χ1) is 7.45. The summed E-state index contributed by atoms with van der Waals surface area (Å²) in [6.07, 6.45) is 0. The van der Waals surface area contributed by atoms with Crippen LogP contribution in [0.2, 0.25) is 5.02 Å². The number of benzene rings is 1. The van der Waals surface area contributed by atoms with E-state index in [1.807, 2.05) is 5.43 Å². The molecule has 5 nitrogen and oxygen atoms in total. The summed E-state index contributed by atoms with van der Waals surface area (Å²) < 4.78 is 18.2. The molecule has 0 bridgehead atoms. The predicted molar refractivity (Wildman–Crippen MR) is 55.0 cm³/mol. The molecule has 1 aromatic rings. The minimum absolute atomic E-state index is 0.106. The van der Waals surface area contributed by atoms with Crippen LogP contribution in [-0.4, -0.2) is 30.4 Å². The first-order valence-corrected chi connectivity index (χ1v) is 4.60. The van der Waals surface area contributed by atoms with Crippen LogP contribution in [0.25, 0.3) is 0 Å². The van der Waals surface area contributed by atoms with Crippen LogP contribution in [-0.2, 0) is 0 Å². The average molecular weight is 249 g/mol. The van der Waals surface area contributed by atoms with Gasteiger partial charge in [0.1, 0.15) is 11.6 Å². The van der Waals surface area contributed by atoms with Crippen LogP contribution >= 0.6 is 11.6 Å². The van der Waals surface area contributed by atoms with E-state index in [1.54, 1.807) is 0 Å². The van der Waals surface area contributed by atoms with Crippen molar-refractivity contribution in [1.29, 1.82) is 0 Å². The highest BCUT2D eigenvalue weighted by Crippen LogP contribution is 2.27. The van der Waals surface area contributed by atoms with Gasteiger partial charge < -0.3 is 4.74 Å². The van der Waals surface area contributed by atoms with Crippen LogP contribution in [0, 0.1) is 5.82 Å². The number of nitrogens with one attached hydrogen (secondary N) is 1. The third kappa shape index (κ3) is 2.82. The van der Waals surface area contributed by atoms with E-state index in [0.29, 0.717) is 5.17 Å². The van der Waals surface area contributed by atoms with E-state index in [-0.39, 0.29) is 16.3 Å². The number of hydrazine groups is 1. The topological polar surface area (TPSA) is 61.8 Å². The minimum Gasteiger partial charge on any atom is -0.495 e. The Kier molecular flexibility index (Phi) is 4.05. The lowest BCUT2D eigenvalue weighted by molar-refractivity contribution is -0.100. The molecule has 0 aliphatic carbocycles. The fourth-order valence-corrected chi connectivity index (χ4v) is 1.31. The monoisotopic (exact) mass is 248 g/mol. The largest absolute Gasteiger partial charge is 0.495 e. The molecule has 0 radical (unpaired) electrons. The highest BCUT2D eigenvalue weighted by molar-refractivity contribution is 6.32. The normalized spacial score (nSPS) is 10.4. The summed E-state index contributed by atoms with van der Waals surface area (Å²) in [5.74, 6) is -1.47. The molecule has 88 valence electrons. The molecular formula is C9H10ClFN2O3. The molecular weight excluding hydrogens is 239 g/mol. The Morgan fingerprint density at radius 2 is 2.25 bits per heavy atom. The van der Waals surface area contributed by atoms with Gasteiger partial charge in [-0.05, 0) is 6.07 Å². The number of hydrogen-bond acceptors (Lipinski definition) is 4. The van der Waals surface area contributed by atoms with Gasteiger partial charge in [-0.3, -0.25) is 15.4 Å². The molecule has 2 N–H and O–H groups in total. The van der Waals surface area contributed by atoms with Gasteiger partial charge in [0.05, 0.1) is 17.7 Å². The second kappa shape index (κ2) is 5.11. The second-order valence-electron chi connectivity index (χ2n) is 2.93. The van der Waals surface area contributed by atoms with Crippen molar-refractivity contribution in [2.75, 3.05) is 14.2 Å². The van der Waals surface area contributed by atoms with Gasteiger partial charge in [-0.1, -0.05) is 11.6 Å². The van der Waals surface area contributed by atoms with E-state index < -0.39 is 11.7 Å². The Bertz CT molecular complexity index is 412. The van der Waals surface area contributed by atoms with E-state index in [0.717, 1.165) is 12.1 Å². The van der Waals surface area contributed by atoms with Gasteiger partial charge in [0, 0.05) is 13.1 Å². The number of methoxy groups -OCH3 is 1. The fourth-order valence-electron chi connectivity index (χ4n) is 1.07. The fraction of sp³-hybridized carbons (Fsp3) is 0.222. The number of carbonyl (C=O) groups excluding carboxylic acids is 1. The summed E-state index contributed by atoms with van der Waals surface area (Å²) in [4.78, 5) is 11.4. The Hall–Kier alpha value is -1.37. The minimum atomic E-state index is -0.813. The van der Waals surface area contributed by atoms with Crippen LogP contribution in [0.4, 0.5) is 4.39 Å². The number of nitrogens with zero attached hydrogens (tertiary/aromatic N) is 1. The molecule has 0 aliphatic rings. The van der Waals surface area contributed by atoms with Crippen molar-refractivity contribution >= 4 is 17.5 Å². The van der Waals surface area contributed by atoms with Crippen molar-refractivity contribution in [3.63, 3.8) is 0 Å². The van der Waals surface area contributed by atoms with Crippen molar-refractivity contribution in [2.45, 2.75) is 0 Å². The van der Waals surface area contributed by atoms with Crippen LogP contribution in [0.3, 0.4) is 0 Å². The maximum Gasteiger partial charge on any atom is 0.270 e. The van der Waals surface area contributed by atoms with E-state index >= 15 is 0 Å². The first kappa shape index (κ1) is 12.7. The van der Waals surface area contributed by atoms with Gasteiger partial charge in [-0.2, -0.15) is 0 Å². The molecule has 0 spiro atoms. The van der Waals surface area contributed by atoms with Crippen LogP contribution in [0.5, 0.6) is 5.75 Å². The van der Waals surface area contributed by atoms with Crippen LogP contribution < -0.4 is 10.2 Å². The number of hydroxylamine groups is 1. The SMILES string of the molecule is COc1cc(F)c(C(=O)NN(C)O)cc1Cl. The zero-order valence-corrected chi connectivity index (χ0v) is 9.38. The number of amides is 1. The second-order valence-corrected chi connectivity index (χ2v) is 3.34. The number of hydrogen-bond donors (Lipinski definition) is 2. The molecule has 0 heterocycles. The summed E-state index contributed by atoms with van der Waals surface area (Å²) >= 11 is 5.73. The van der Waals surface area contributed by atoms with Crippen molar-refractivity contribution in [3.8, 4) is 5.75 Å². The predicted octanol–water partition coefficient (Wildman–Crippen LogP) is 1.45. The number of carbonyl (C=O) groups is 1. The lowest BCUT2D eigenvalue weighted by Crippen LogP contribution is -2.37. The summed E-state index contributed by atoms with van der Waals surface area (Å²) in [5, 5.41) is 9.29. The van der Waals surface area contributed by atoms with Gasteiger partial charge in [-0.25, -0.2) is 4.39 Å². The molecule has 1 aromatic carbocycles. The van der Waals surface area contributed by atoms with Crippen molar-refractivity contribution < 1.29 is 19.1 Å². The smallest absolute Gasteiger partial charge is 0.270 e. The van der Waals surface area contributed by atoms with E-state index in [2.05, 4.69) is 0 Å². The van der Waals surface area contributed by atoms with Gasteiger partial charge >= 0.3 is 0 Å². The standard InChI is InChI=1S/C9H10ClFN2O3/c1-13(15)12-9(14)5-3-6(10)8(16-2)4-7(5)11/h3-4,15H,1-2H3,(H,12,14). The van der Waals surface area contributed by atoms with Crippen molar-refractivity contribution in [3.05, 3.63) is 28.5 Å². The quantitative estimate of drug-likeness (QED) is 0.795. The summed E-state index contributed by atoms with van der Waals surface area (Å²) in [6, 6.07) is 2.11. The highest BCUT2D eigenvalue weighted by atomic mass is 35.5. The Morgan fingerprint density at radius 3 is 2.75 bits per heavy atom. The molecule has 1 rings (SSSR count). The Labute approximate surface area is 96.3 Å². The van der Waals surface area contributed by atoms with Gasteiger partial charge in [-0.15, -0.1) is 5.17 Å². The average Bonchev–Trinajstić information content (AvgIpc) is 2.19. The molecule has 0 aromatic heterocycles. The molecule has 0 aliphatic heterocycles. The molecule has 0 unspecified atom stereocenters. The molecule has 0 atom stereocenters. The first-order valence-electron chi connectivity index (χ1n) is 4.22. The Morgan fingerprint density at radius 1 is 1.62 bits per heavy atom. The number of ether oxygens (including phenoxy) is 1. The molecule has 1 amide bonds. The number of rotatable bonds is 3. The van der Waals surface area contributed by atoms with Gasteiger partial charge in [0.2, 0.25) is 0 Å².